The van der Waals surface area contributed by atoms with Crippen LogP contribution in [0.4, 0.5) is 0 Å². The summed E-state index contributed by atoms with van der Waals surface area (Å²) in [6, 6.07) is 0. The molecule has 0 bridgehead atoms. The SMILES string of the molecule is COC1=CC(=O)c2c(O)c(OC)c3c4c2c1c1c(OC)c2c(c5c(O)c(OC)c(c4c15)CC(C)=C3C(C)=O)=NCCS2. The lowest BCUT2D eigenvalue weighted by Gasteiger charge is -2.28. The first kappa shape index (κ1) is 26.5. The second kappa shape index (κ2) is 9.03. The number of methoxy groups -OCH3 is 4. The third-order valence-corrected chi connectivity index (χ3v) is 9.56. The minimum atomic E-state index is -0.466. The van der Waals surface area contributed by atoms with Crippen molar-refractivity contribution in [2.75, 3.05) is 40.7 Å². The summed E-state index contributed by atoms with van der Waals surface area (Å²) in [5.41, 5.74) is 2.62. The molecule has 0 amide bonds. The Bertz CT molecular complexity index is 2110. The molecule has 4 aromatic carbocycles. The number of ether oxygens (including phenoxy) is 4. The minimum absolute atomic E-state index is 0.0249. The average Bonchev–Trinajstić information content (AvgIpc) is 3.10. The number of phenolic OH excluding ortho intramolecular Hbond substituents is 2. The number of allylic oxidation sites excluding steroid dienone is 3. The molecule has 0 aromatic heterocycles. The highest BCUT2D eigenvalue weighted by molar-refractivity contribution is 7.99. The number of nitrogens with zero attached hydrogens (tertiary/aromatic N) is 1. The molecule has 3 aliphatic rings. The predicted octanol–water partition coefficient (Wildman–Crippen LogP) is 5.13. The van der Waals surface area contributed by atoms with Gasteiger partial charge in [-0.15, -0.1) is 11.8 Å². The van der Waals surface area contributed by atoms with Crippen LogP contribution in [0.2, 0.25) is 0 Å². The third-order valence-electron chi connectivity index (χ3n) is 8.51. The molecule has 10 heteroatoms. The van der Waals surface area contributed by atoms with Crippen LogP contribution in [0.5, 0.6) is 28.7 Å². The van der Waals surface area contributed by atoms with Crippen molar-refractivity contribution < 1.29 is 38.7 Å². The van der Waals surface area contributed by atoms with Crippen molar-refractivity contribution in [1.82, 2.24) is 0 Å². The summed E-state index contributed by atoms with van der Waals surface area (Å²) in [6.07, 6.45) is 1.59. The molecule has 1 aliphatic heterocycles. The maximum atomic E-state index is 13.7. The lowest BCUT2D eigenvalue weighted by Crippen LogP contribution is -2.18. The van der Waals surface area contributed by atoms with Gasteiger partial charge < -0.3 is 29.2 Å². The van der Waals surface area contributed by atoms with Crippen LogP contribution in [0.3, 0.4) is 0 Å². The van der Waals surface area contributed by atoms with Crippen molar-refractivity contribution in [3.63, 3.8) is 0 Å². The van der Waals surface area contributed by atoms with Crippen molar-refractivity contribution in [2.24, 2.45) is 4.99 Å². The van der Waals surface area contributed by atoms with Crippen molar-refractivity contribution in [2.45, 2.75) is 25.2 Å². The highest BCUT2D eigenvalue weighted by atomic mass is 32.2. The molecule has 0 spiro atoms. The Balaban J connectivity index is 1.99. The second-order valence-corrected chi connectivity index (χ2v) is 11.6. The molecular weight excluding hydrogens is 558 g/mol. The number of carbonyl (C=O) groups is 2. The zero-order valence-electron chi connectivity index (χ0n) is 23.9. The van der Waals surface area contributed by atoms with Crippen molar-refractivity contribution in [3.8, 4) is 28.7 Å². The van der Waals surface area contributed by atoms with Crippen LogP contribution in [0, 0.1) is 0 Å². The van der Waals surface area contributed by atoms with Gasteiger partial charge in [0.25, 0.3) is 0 Å². The smallest absolute Gasteiger partial charge is 0.194 e. The largest absolute Gasteiger partial charge is 0.504 e. The quantitative estimate of drug-likeness (QED) is 0.242. The number of phenols is 2. The van der Waals surface area contributed by atoms with E-state index in [-0.39, 0.29) is 46.5 Å². The van der Waals surface area contributed by atoms with Crippen LogP contribution in [0.1, 0.15) is 40.9 Å². The summed E-state index contributed by atoms with van der Waals surface area (Å²) < 4.78 is 23.6. The van der Waals surface area contributed by atoms with Crippen LogP contribution < -0.4 is 19.6 Å². The summed E-state index contributed by atoms with van der Waals surface area (Å²) in [4.78, 5) is 32.7. The van der Waals surface area contributed by atoms with Gasteiger partial charge in [0.2, 0.25) is 0 Å². The van der Waals surface area contributed by atoms with E-state index in [1.54, 1.807) is 18.9 Å². The van der Waals surface area contributed by atoms with Gasteiger partial charge >= 0.3 is 0 Å². The molecule has 0 saturated heterocycles. The number of hydrogen-bond donors (Lipinski definition) is 2. The molecule has 9 nitrogen and oxygen atoms in total. The number of fused-ring (bicyclic) bond motifs is 3. The van der Waals surface area contributed by atoms with E-state index in [4.69, 9.17) is 23.9 Å². The number of ketones is 2. The van der Waals surface area contributed by atoms with Crippen molar-refractivity contribution >= 4 is 67.0 Å². The molecule has 214 valence electrons. The molecule has 0 unspecified atom stereocenters. The first-order valence-electron chi connectivity index (χ1n) is 13.4. The number of thioether (sulfide) groups is 1. The fourth-order valence-electron chi connectivity index (χ4n) is 7.11. The predicted molar refractivity (Wildman–Crippen MR) is 161 cm³/mol. The minimum Gasteiger partial charge on any atom is -0.504 e. The zero-order valence-corrected chi connectivity index (χ0v) is 24.7. The Morgan fingerprint density at radius 2 is 1.55 bits per heavy atom. The van der Waals surface area contributed by atoms with Gasteiger partial charge in [0.15, 0.2) is 34.6 Å². The Morgan fingerprint density at radius 1 is 0.833 bits per heavy atom. The molecule has 4 aromatic rings. The molecule has 0 radical (unpaired) electrons. The molecule has 2 N–H and O–H groups in total. The maximum absolute atomic E-state index is 13.7. The van der Waals surface area contributed by atoms with E-state index in [1.165, 1.54) is 34.3 Å². The van der Waals surface area contributed by atoms with Gasteiger partial charge in [0, 0.05) is 62.2 Å². The van der Waals surface area contributed by atoms with Gasteiger partial charge in [-0.2, -0.15) is 0 Å². The maximum Gasteiger partial charge on any atom is 0.194 e. The average molecular weight is 586 g/mol. The number of benzene rings is 4. The van der Waals surface area contributed by atoms with Gasteiger partial charge in [-0.25, -0.2) is 0 Å². The van der Waals surface area contributed by atoms with E-state index in [0.29, 0.717) is 83.6 Å². The first-order valence-corrected chi connectivity index (χ1v) is 14.4. The van der Waals surface area contributed by atoms with E-state index < -0.39 is 5.78 Å². The topological polar surface area (TPSA) is 124 Å². The van der Waals surface area contributed by atoms with E-state index in [9.17, 15) is 19.8 Å². The molecular formula is C32H27NO8S. The molecule has 7 rings (SSSR count). The normalized spacial score (nSPS) is 15.6. The van der Waals surface area contributed by atoms with Crippen molar-refractivity contribution in [1.29, 1.82) is 0 Å². The van der Waals surface area contributed by atoms with E-state index in [1.807, 2.05) is 6.92 Å². The summed E-state index contributed by atoms with van der Waals surface area (Å²) in [5, 5.41) is 27.5. The molecule has 42 heavy (non-hydrogen) atoms. The molecule has 0 atom stereocenters. The summed E-state index contributed by atoms with van der Waals surface area (Å²) >= 11 is 1.57. The number of carbonyl (C=O) groups excluding carboxylic acids is 2. The van der Waals surface area contributed by atoms with E-state index >= 15 is 0 Å². The van der Waals surface area contributed by atoms with E-state index in [2.05, 4.69) is 0 Å². The summed E-state index contributed by atoms with van der Waals surface area (Å²) in [7, 11) is 5.94. The van der Waals surface area contributed by atoms with Crippen molar-refractivity contribution in [3.05, 3.63) is 39.3 Å². The van der Waals surface area contributed by atoms with Crippen LogP contribution in [0.25, 0.3) is 43.6 Å². The Morgan fingerprint density at radius 3 is 2.19 bits per heavy atom. The highest BCUT2D eigenvalue weighted by Crippen LogP contribution is 2.59. The van der Waals surface area contributed by atoms with Gasteiger partial charge in [-0.1, -0.05) is 5.57 Å². The van der Waals surface area contributed by atoms with Gasteiger partial charge in [-0.3, -0.25) is 14.6 Å². The van der Waals surface area contributed by atoms with E-state index in [0.717, 1.165) is 4.90 Å². The second-order valence-electron chi connectivity index (χ2n) is 10.5. The molecule has 2 aliphatic carbocycles. The monoisotopic (exact) mass is 585 g/mol. The number of aromatic hydroxyl groups is 2. The Kier molecular flexibility index (Phi) is 5.69. The fraction of sp³-hybridized carbons (Fsp3) is 0.281. The molecule has 0 saturated carbocycles. The standard InChI is InChI=1S/C32H27NO8S/c1-11-9-13-17-20-22-18(27(36)30(40-5)23(20)16(11)12(2)34)14(35)10-15(38-3)19(22)24-21(17)25(28(37)29(13)39-4)26-32(31(24)41-6)42-8-7-33-26/h10,36-37H,7-9H2,1-6H3. The highest BCUT2D eigenvalue weighted by Gasteiger charge is 2.40. The number of hydrogen-bond acceptors (Lipinski definition) is 10. The van der Waals surface area contributed by atoms with Gasteiger partial charge in [0.1, 0.15) is 11.5 Å². The van der Waals surface area contributed by atoms with Crippen LogP contribution >= 0.6 is 11.8 Å². The fourth-order valence-corrected chi connectivity index (χ4v) is 8.12. The number of Topliss-reactive ketones (excluding diaryl/α,β-unsaturated/α-hetero) is 1. The Hall–Kier alpha value is -4.44. The summed E-state index contributed by atoms with van der Waals surface area (Å²) in [5.74, 6) is 0.666. The molecule has 0 fully saturated rings. The lowest BCUT2D eigenvalue weighted by molar-refractivity contribution is -0.111. The zero-order chi connectivity index (χ0) is 29.8. The van der Waals surface area contributed by atoms with Gasteiger partial charge in [0.05, 0.1) is 49.6 Å². The van der Waals surface area contributed by atoms with Crippen LogP contribution in [0.15, 0.2) is 21.5 Å². The summed E-state index contributed by atoms with van der Waals surface area (Å²) in [6.45, 7) is 3.84. The van der Waals surface area contributed by atoms with Crippen LogP contribution in [-0.4, -0.2) is 62.5 Å². The number of rotatable bonds is 5. The Labute approximate surface area is 244 Å². The third kappa shape index (κ3) is 3.02. The van der Waals surface area contributed by atoms with Gasteiger partial charge in [-0.05, 0) is 25.7 Å². The van der Waals surface area contributed by atoms with Crippen LogP contribution in [-0.2, 0) is 16.0 Å². The first-order chi connectivity index (χ1) is 20.2. The lowest BCUT2D eigenvalue weighted by atomic mass is 9.79. The molecule has 1 heterocycles.